The van der Waals surface area contributed by atoms with Crippen LogP contribution in [0.4, 0.5) is 0 Å². The van der Waals surface area contributed by atoms with E-state index in [0.717, 1.165) is 5.56 Å². The molecule has 0 spiro atoms. The lowest BCUT2D eigenvalue weighted by Crippen LogP contribution is -2.58. The lowest BCUT2D eigenvalue weighted by Gasteiger charge is -2.25. The highest BCUT2D eigenvalue weighted by Crippen LogP contribution is 2.08. The third-order valence-electron chi connectivity index (χ3n) is 5.79. The van der Waals surface area contributed by atoms with Crippen LogP contribution in [0.3, 0.4) is 0 Å². The highest BCUT2D eigenvalue weighted by Gasteiger charge is 2.31. The van der Waals surface area contributed by atoms with Gasteiger partial charge in [0, 0.05) is 31.2 Å². The maximum atomic E-state index is 13.4. The summed E-state index contributed by atoms with van der Waals surface area (Å²) < 4.78 is 0. The Morgan fingerprint density at radius 1 is 0.949 bits per heavy atom. The molecule has 0 aliphatic carbocycles. The maximum Gasteiger partial charge on any atom is 0.326 e. The van der Waals surface area contributed by atoms with E-state index in [9.17, 15) is 29.1 Å². The number of thioether (sulfide) groups is 1. The first-order valence-corrected chi connectivity index (χ1v) is 13.7. The van der Waals surface area contributed by atoms with Crippen LogP contribution < -0.4 is 27.4 Å². The summed E-state index contributed by atoms with van der Waals surface area (Å²) in [7, 11) is 0. The Morgan fingerprint density at radius 3 is 2.13 bits per heavy atom. The second-order valence-electron chi connectivity index (χ2n) is 8.89. The van der Waals surface area contributed by atoms with E-state index in [-0.39, 0.29) is 32.1 Å². The third kappa shape index (κ3) is 11.2. The maximum absolute atomic E-state index is 13.4. The van der Waals surface area contributed by atoms with E-state index in [1.165, 1.54) is 24.3 Å². The number of aromatic amines is 1. The molecule has 0 bridgehead atoms. The van der Waals surface area contributed by atoms with Crippen LogP contribution in [0.15, 0.2) is 42.9 Å². The topological polar surface area (TPSA) is 222 Å². The first-order chi connectivity index (χ1) is 18.6. The Hall–Kier alpha value is -3.91. The highest BCUT2D eigenvalue weighted by molar-refractivity contribution is 7.98. The van der Waals surface area contributed by atoms with Gasteiger partial charge in [0.15, 0.2) is 0 Å². The van der Waals surface area contributed by atoms with Gasteiger partial charge in [-0.2, -0.15) is 11.8 Å². The van der Waals surface area contributed by atoms with Crippen molar-refractivity contribution in [1.29, 1.82) is 0 Å². The van der Waals surface area contributed by atoms with Gasteiger partial charge in [-0.1, -0.05) is 30.3 Å². The van der Waals surface area contributed by atoms with Gasteiger partial charge in [0.2, 0.25) is 23.6 Å². The van der Waals surface area contributed by atoms with Crippen molar-refractivity contribution in [2.75, 3.05) is 12.0 Å². The van der Waals surface area contributed by atoms with E-state index in [0.29, 0.717) is 11.4 Å². The monoisotopic (exact) mass is 561 g/mol. The highest BCUT2D eigenvalue weighted by atomic mass is 32.2. The Labute approximate surface area is 230 Å². The van der Waals surface area contributed by atoms with Gasteiger partial charge in [-0.3, -0.25) is 19.2 Å². The molecular formula is C25H35N7O6S. The predicted octanol–water partition coefficient (Wildman–Crippen LogP) is -0.920. The number of nitrogens with two attached hydrogens (primary N) is 2. The zero-order chi connectivity index (χ0) is 28.8. The minimum atomic E-state index is -1.19. The molecule has 13 nitrogen and oxygen atoms in total. The van der Waals surface area contributed by atoms with Crippen molar-refractivity contribution in [2.24, 2.45) is 11.5 Å². The molecule has 2 rings (SSSR count). The molecule has 0 fully saturated rings. The Morgan fingerprint density at radius 2 is 1.56 bits per heavy atom. The minimum absolute atomic E-state index is 0.00167. The molecule has 1 aromatic heterocycles. The molecule has 14 heteroatoms. The van der Waals surface area contributed by atoms with Gasteiger partial charge < -0.3 is 37.5 Å². The number of rotatable bonds is 17. The molecule has 4 amide bonds. The average molecular weight is 562 g/mol. The van der Waals surface area contributed by atoms with Crippen molar-refractivity contribution >= 4 is 41.4 Å². The van der Waals surface area contributed by atoms with Gasteiger partial charge in [0.1, 0.15) is 18.1 Å². The van der Waals surface area contributed by atoms with Crippen molar-refractivity contribution in [3.05, 3.63) is 54.1 Å². The summed E-state index contributed by atoms with van der Waals surface area (Å²) in [5.41, 5.74) is 12.3. The quantitative estimate of drug-likeness (QED) is 0.127. The van der Waals surface area contributed by atoms with Gasteiger partial charge in [-0.15, -0.1) is 0 Å². The number of nitrogens with zero attached hydrogens (tertiary/aromatic N) is 1. The van der Waals surface area contributed by atoms with Crippen LogP contribution in [0.5, 0.6) is 0 Å². The number of carbonyl (C=O) groups excluding carboxylic acids is 4. The first kappa shape index (κ1) is 31.3. The number of primary amides is 1. The van der Waals surface area contributed by atoms with Crippen molar-refractivity contribution in [3.8, 4) is 0 Å². The number of nitrogens with one attached hydrogen (secondary N) is 4. The summed E-state index contributed by atoms with van der Waals surface area (Å²) in [5, 5.41) is 17.3. The smallest absolute Gasteiger partial charge is 0.326 e. The van der Waals surface area contributed by atoms with E-state index in [1.54, 1.807) is 30.3 Å². The third-order valence-corrected chi connectivity index (χ3v) is 6.44. The van der Waals surface area contributed by atoms with Crippen LogP contribution >= 0.6 is 11.8 Å². The Kier molecular flexibility index (Phi) is 13.0. The van der Waals surface area contributed by atoms with Gasteiger partial charge in [-0.25, -0.2) is 9.78 Å². The summed E-state index contributed by atoms with van der Waals surface area (Å²) in [6.45, 7) is 0. The number of carbonyl (C=O) groups is 5. The van der Waals surface area contributed by atoms with Gasteiger partial charge in [-0.05, 0) is 30.4 Å². The van der Waals surface area contributed by atoms with Gasteiger partial charge >= 0.3 is 5.97 Å². The number of benzene rings is 1. The molecule has 0 saturated carbocycles. The molecule has 1 heterocycles. The summed E-state index contributed by atoms with van der Waals surface area (Å²) in [6.07, 6.45) is 4.90. The van der Waals surface area contributed by atoms with Crippen molar-refractivity contribution in [2.45, 2.75) is 56.3 Å². The lowest BCUT2D eigenvalue weighted by molar-refractivity contribution is -0.142. The second-order valence-corrected chi connectivity index (χ2v) is 9.87. The van der Waals surface area contributed by atoms with E-state index >= 15 is 0 Å². The molecule has 0 aliphatic heterocycles. The first-order valence-electron chi connectivity index (χ1n) is 12.3. The Bertz CT molecular complexity index is 1100. The molecular weight excluding hydrogens is 526 g/mol. The molecule has 0 saturated heterocycles. The van der Waals surface area contributed by atoms with Crippen LogP contribution in [0.2, 0.25) is 0 Å². The van der Waals surface area contributed by atoms with E-state index < -0.39 is 53.8 Å². The fraction of sp³-hybridized carbons (Fsp3) is 0.440. The van der Waals surface area contributed by atoms with Crippen LogP contribution in [-0.2, 0) is 36.8 Å². The fourth-order valence-electron chi connectivity index (χ4n) is 3.63. The van der Waals surface area contributed by atoms with E-state index in [4.69, 9.17) is 11.5 Å². The van der Waals surface area contributed by atoms with Crippen molar-refractivity contribution < 1.29 is 29.1 Å². The summed E-state index contributed by atoms with van der Waals surface area (Å²) in [4.78, 5) is 68.9. The molecule has 2 aromatic rings. The standard InChI is InChI=1S/C25H35N7O6S/c1-39-10-9-18(25(37)38)30-24(36)20(12-16-13-28-14-29-16)32-23(35)19(11-15-5-3-2-4-6-15)31-22(34)17(26)7-8-21(27)33/h2-6,13-14,17-20H,7-12,26H2,1H3,(H2,27,33)(H,28,29)(H,30,36)(H,31,34)(H,32,35)(H,37,38). The number of carboxylic acid groups (broad SMARTS) is 1. The average Bonchev–Trinajstić information content (AvgIpc) is 3.42. The predicted molar refractivity (Wildman–Crippen MR) is 145 cm³/mol. The van der Waals surface area contributed by atoms with Crippen molar-refractivity contribution in [3.63, 3.8) is 0 Å². The number of amides is 4. The Balaban J connectivity index is 2.24. The molecule has 0 aliphatic rings. The van der Waals surface area contributed by atoms with Crippen molar-refractivity contribution in [1.82, 2.24) is 25.9 Å². The summed E-state index contributed by atoms with van der Waals surface area (Å²) >= 11 is 1.44. The second kappa shape index (κ2) is 16.1. The molecule has 4 atom stereocenters. The number of hydrogen-bond acceptors (Lipinski definition) is 8. The van der Waals surface area contributed by atoms with Gasteiger partial charge in [0.25, 0.3) is 0 Å². The molecule has 212 valence electrons. The minimum Gasteiger partial charge on any atom is -0.480 e. The largest absolute Gasteiger partial charge is 0.480 e. The fourth-order valence-corrected chi connectivity index (χ4v) is 4.10. The molecule has 9 N–H and O–H groups in total. The molecule has 1 aromatic carbocycles. The number of imidazole rings is 1. The molecule has 4 unspecified atom stereocenters. The summed E-state index contributed by atoms with van der Waals surface area (Å²) in [5.74, 6) is -3.33. The van der Waals surface area contributed by atoms with E-state index in [1.807, 2.05) is 6.26 Å². The zero-order valence-electron chi connectivity index (χ0n) is 21.6. The number of carboxylic acids is 1. The van der Waals surface area contributed by atoms with Crippen LogP contribution in [0, 0.1) is 0 Å². The van der Waals surface area contributed by atoms with Crippen LogP contribution in [-0.4, -0.2) is 80.8 Å². The number of aromatic nitrogens is 2. The molecule has 39 heavy (non-hydrogen) atoms. The number of H-pyrrole nitrogens is 1. The normalized spacial score (nSPS) is 13.9. The number of hydrogen-bond donors (Lipinski definition) is 7. The van der Waals surface area contributed by atoms with E-state index in [2.05, 4.69) is 25.9 Å². The lowest BCUT2D eigenvalue weighted by atomic mass is 10.0. The number of aliphatic carboxylic acids is 1. The van der Waals surface area contributed by atoms with Crippen LogP contribution in [0.25, 0.3) is 0 Å². The summed E-state index contributed by atoms with van der Waals surface area (Å²) in [6, 6.07) is 4.39. The van der Waals surface area contributed by atoms with Gasteiger partial charge in [0.05, 0.1) is 12.4 Å². The zero-order valence-corrected chi connectivity index (χ0v) is 22.4. The molecule has 0 radical (unpaired) electrons. The van der Waals surface area contributed by atoms with Crippen LogP contribution in [0.1, 0.15) is 30.5 Å². The SMILES string of the molecule is CSCCC(NC(=O)C(Cc1cnc[nH]1)NC(=O)C(Cc1ccccc1)NC(=O)C(N)CCC(N)=O)C(=O)O.